The van der Waals surface area contributed by atoms with Crippen LogP contribution in [0.1, 0.15) is 24.5 Å². The molecule has 1 aliphatic rings. The van der Waals surface area contributed by atoms with E-state index in [9.17, 15) is 0 Å². The summed E-state index contributed by atoms with van der Waals surface area (Å²) in [6, 6.07) is 9.91. The van der Waals surface area contributed by atoms with Crippen molar-refractivity contribution < 1.29 is 4.42 Å². The summed E-state index contributed by atoms with van der Waals surface area (Å²) >= 11 is 0. The molecule has 0 aliphatic carbocycles. The highest BCUT2D eigenvalue weighted by atomic mass is 16.3. The van der Waals surface area contributed by atoms with Gasteiger partial charge in [-0.3, -0.25) is 5.10 Å². The molecule has 7 heteroatoms. The Bertz CT molecular complexity index is 1040. The van der Waals surface area contributed by atoms with Gasteiger partial charge in [-0.1, -0.05) is 12.1 Å². The lowest BCUT2D eigenvalue weighted by atomic mass is 9.93. The largest absolute Gasteiger partial charge is 0.450 e. The number of hydrogen-bond donors (Lipinski definition) is 2. The number of fused-ring (bicyclic) bond motifs is 3. The second-order valence-electron chi connectivity index (χ2n) is 6.48. The maximum Gasteiger partial charge on any atom is 0.196 e. The molecule has 3 N–H and O–H groups in total. The number of H-pyrrole nitrogens is 1. The van der Waals surface area contributed by atoms with Crippen LogP contribution in [0.25, 0.3) is 22.1 Å². The summed E-state index contributed by atoms with van der Waals surface area (Å²) in [6.45, 7) is 1.82. The lowest BCUT2D eigenvalue weighted by Gasteiger charge is -2.32. The molecule has 3 aromatic heterocycles. The van der Waals surface area contributed by atoms with Crippen LogP contribution in [0.4, 0.5) is 11.6 Å². The van der Waals surface area contributed by atoms with Crippen LogP contribution in [0, 0.1) is 0 Å². The molecule has 126 valence electrons. The maximum absolute atomic E-state index is 6.05. The molecule has 1 aliphatic heterocycles. The molecule has 0 amide bonds. The fraction of sp³-hybridized carbons (Fsp3) is 0.278. The predicted molar refractivity (Wildman–Crippen MR) is 96.5 cm³/mol. The van der Waals surface area contributed by atoms with Gasteiger partial charge in [0, 0.05) is 36.2 Å². The normalized spacial score (nSPS) is 16.1. The van der Waals surface area contributed by atoms with Crippen molar-refractivity contribution in [3.05, 3.63) is 42.4 Å². The van der Waals surface area contributed by atoms with Gasteiger partial charge in [-0.2, -0.15) is 5.10 Å². The molecule has 4 aromatic rings. The SMILES string of the molecule is Nc1cc(C2CCN(c3ncnc4c3oc3ccccc34)CC2)[nH]n1. The number of nitrogens with zero attached hydrogens (tertiary/aromatic N) is 4. The van der Waals surface area contributed by atoms with Crippen LogP contribution in [0.5, 0.6) is 0 Å². The quantitative estimate of drug-likeness (QED) is 0.585. The zero-order valence-electron chi connectivity index (χ0n) is 13.6. The van der Waals surface area contributed by atoms with Crippen LogP contribution in [0.3, 0.4) is 0 Å². The van der Waals surface area contributed by atoms with E-state index in [0.717, 1.165) is 59.5 Å². The third kappa shape index (κ3) is 2.31. The van der Waals surface area contributed by atoms with E-state index in [-0.39, 0.29) is 0 Å². The number of hydrogen-bond acceptors (Lipinski definition) is 6. The second kappa shape index (κ2) is 5.47. The molecule has 0 atom stereocenters. The second-order valence-corrected chi connectivity index (χ2v) is 6.48. The van der Waals surface area contributed by atoms with Crippen molar-refractivity contribution >= 4 is 33.7 Å². The average molecular weight is 334 g/mol. The number of furan rings is 1. The minimum atomic E-state index is 0.453. The van der Waals surface area contributed by atoms with Crippen molar-refractivity contribution in [2.45, 2.75) is 18.8 Å². The molecule has 0 bridgehead atoms. The van der Waals surface area contributed by atoms with E-state index in [4.69, 9.17) is 10.2 Å². The number of para-hydroxylation sites is 1. The summed E-state index contributed by atoms with van der Waals surface area (Å²) < 4.78 is 6.05. The summed E-state index contributed by atoms with van der Waals surface area (Å²) in [7, 11) is 0. The van der Waals surface area contributed by atoms with Gasteiger partial charge in [0.05, 0.1) is 0 Å². The van der Waals surface area contributed by atoms with E-state index in [2.05, 4.69) is 25.1 Å². The van der Waals surface area contributed by atoms with Crippen LogP contribution < -0.4 is 10.6 Å². The highest BCUT2D eigenvalue weighted by Crippen LogP contribution is 2.35. The van der Waals surface area contributed by atoms with Crippen LogP contribution in [-0.4, -0.2) is 33.3 Å². The van der Waals surface area contributed by atoms with Gasteiger partial charge in [-0.15, -0.1) is 0 Å². The molecule has 0 unspecified atom stereocenters. The molecule has 0 spiro atoms. The van der Waals surface area contributed by atoms with Crippen LogP contribution >= 0.6 is 0 Å². The third-order valence-corrected chi connectivity index (χ3v) is 4.99. The first-order chi connectivity index (χ1) is 12.3. The number of nitrogens with two attached hydrogens (primary N) is 1. The van der Waals surface area contributed by atoms with Crippen molar-refractivity contribution in [1.82, 2.24) is 20.2 Å². The van der Waals surface area contributed by atoms with Gasteiger partial charge in [0.1, 0.15) is 23.2 Å². The first kappa shape index (κ1) is 14.3. The van der Waals surface area contributed by atoms with E-state index >= 15 is 0 Å². The van der Waals surface area contributed by atoms with Crippen LogP contribution in [0.2, 0.25) is 0 Å². The molecule has 5 rings (SSSR count). The van der Waals surface area contributed by atoms with Crippen molar-refractivity contribution in [2.24, 2.45) is 0 Å². The van der Waals surface area contributed by atoms with Crippen LogP contribution in [-0.2, 0) is 0 Å². The number of aromatic nitrogens is 4. The minimum absolute atomic E-state index is 0.453. The molecular formula is C18H18N6O. The molecule has 1 fully saturated rings. The third-order valence-electron chi connectivity index (χ3n) is 4.99. The number of piperidine rings is 1. The van der Waals surface area contributed by atoms with Gasteiger partial charge in [-0.05, 0) is 25.0 Å². The molecule has 0 radical (unpaired) electrons. The van der Waals surface area contributed by atoms with E-state index < -0.39 is 0 Å². The minimum Gasteiger partial charge on any atom is -0.450 e. The fourth-order valence-corrected chi connectivity index (χ4v) is 3.70. The Labute approximate surface area is 143 Å². The lowest BCUT2D eigenvalue weighted by molar-refractivity contribution is 0.492. The predicted octanol–water partition coefficient (Wildman–Crippen LogP) is 3.07. The van der Waals surface area contributed by atoms with E-state index in [0.29, 0.717) is 11.7 Å². The number of rotatable bonds is 2. The zero-order chi connectivity index (χ0) is 16.8. The monoisotopic (exact) mass is 334 g/mol. The van der Waals surface area contributed by atoms with Gasteiger partial charge >= 0.3 is 0 Å². The number of benzene rings is 1. The van der Waals surface area contributed by atoms with Gasteiger partial charge in [0.2, 0.25) is 0 Å². The van der Waals surface area contributed by atoms with Gasteiger partial charge < -0.3 is 15.1 Å². The first-order valence-corrected chi connectivity index (χ1v) is 8.47. The molecule has 1 aromatic carbocycles. The van der Waals surface area contributed by atoms with Crippen molar-refractivity contribution in [1.29, 1.82) is 0 Å². The van der Waals surface area contributed by atoms with E-state index in [1.807, 2.05) is 30.3 Å². The Morgan fingerprint density at radius 2 is 2.00 bits per heavy atom. The first-order valence-electron chi connectivity index (χ1n) is 8.47. The summed E-state index contributed by atoms with van der Waals surface area (Å²) in [5.41, 5.74) is 9.34. The maximum atomic E-state index is 6.05. The van der Waals surface area contributed by atoms with Gasteiger partial charge in [0.15, 0.2) is 11.4 Å². The average Bonchev–Trinajstić information content (AvgIpc) is 3.25. The Kier molecular flexibility index (Phi) is 3.12. The Hall–Kier alpha value is -3.09. The van der Waals surface area contributed by atoms with Gasteiger partial charge in [0.25, 0.3) is 0 Å². The van der Waals surface area contributed by atoms with E-state index in [1.54, 1.807) is 6.33 Å². The summed E-state index contributed by atoms with van der Waals surface area (Å²) in [5.74, 6) is 1.88. The number of nitrogen functional groups attached to an aromatic ring is 1. The number of anilines is 2. The summed E-state index contributed by atoms with van der Waals surface area (Å²) in [6.07, 6.45) is 3.67. The molecule has 25 heavy (non-hydrogen) atoms. The fourth-order valence-electron chi connectivity index (χ4n) is 3.70. The molecule has 1 saturated heterocycles. The molecule has 7 nitrogen and oxygen atoms in total. The smallest absolute Gasteiger partial charge is 0.196 e. The van der Waals surface area contributed by atoms with Crippen LogP contribution in [0.15, 0.2) is 41.1 Å². The highest BCUT2D eigenvalue weighted by molar-refractivity contribution is 6.05. The van der Waals surface area contributed by atoms with Crippen molar-refractivity contribution in [3.8, 4) is 0 Å². The van der Waals surface area contributed by atoms with Gasteiger partial charge in [-0.25, -0.2) is 9.97 Å². The zero-order valence-corrected chi connectivity index (χ0v) is 13.6. The topological polar surface area (TPSA) is 96.9 Å². The molecular weight excluding hydrogens is 316 g/mol. The Morgan fingerprint density at radius 3 is 2.80 bits per heavy atom. The highest BCUT2D eigenvalue weighted by Gasteiger charge is 2.25. The number of nitrogens with one attached hydrogen (secondary N) is 1. The van der Waals surface area contributed by atoms with E-state index in [1.165, 1.54) is 0 Å². The summed E-state index contributed by atoms with van der Waals surface area (Å²) in [4.78, 5) is 11.2. The summed E-state index contributed by atoms with van der Waals surface area (Å²) in [5, 5.41) is 8.11. The van der Waals surface area contributed by atoms with Crippen molar-refractivity contribution in [2.75, 3.05) is 23.7 Å². The molecule has 4 heterocycles. The van der Waals surface area contributed by atoms with Crippen molar-refractivity contribution in [3.63, 3.8) is 0 Å². The lowest BCUT2D eigenvalue weighted by Crippen LogP contribution is -2.33. The number of aromatic amines is 1. The molecule has 0 saturated carbocycles. The Balaban J connectivity index is 1.46. The standard InChI is InChI=1S/C18H18N6O/c19-15-9-13(22-23-15)11-5-7-24(8-6-11)18-17-16(20-10-21-18)12-3-1-2-4-14(12)25-17/h1-4,9-11H,5-8H2,(H3,19,22,23). The Morgan fingerprint density at radius 1 is 1.16 bits per heavy atom.